The molecule has 0 aromatic rings. The van der Waals surface area contributed by atoms with E-state index in [4.69, 9.17) is 0 Å². The molecule has 0 heterocycles. The Kier molecular flexibility index (Phi) is 5.70. The van der Waals surface area contributed by atoms with Gasteiger partial charge in [-0.3, -0.25) is 0 Å². The summed E-state index contributed by atoms with van der Waals surface area (Å²) in [5.74, 6) is 0. The molecule has 0 aliphatic rings. The molecular weight excluding hydrogens is 360 g/mol. The van der Waals surface area contributed by atoms with Crippen LogP contribution in [0.1, 0.15) is 12.8 Å². The number of hydrogen-bond acceptors (Lipinski definition) is 3. The van der Waals surface area contributed by atoms with E-state index < -0.39 is 45.3 Å². The molecule has 0 fully saturated rings. The summed E-state index contributed by atoms with van der Waals surface area (Å²) in [5, 5.41) is 0. The van der Waals surface area contributed by atoms with Crippen LogP contribution in [0.2, 0.25) is 0 Å². The van der Waals surface area contributed by atoms with E-state index in [1.165, 1.54) is 0 Å². The van der Waals surface area contributed by atoms with Crippen molar-refractivity contribution < 1.29 is 61.7 Å². The highest BCUT2D eigenvalue weighted by molar-refractivity contribution is 7.48. The van der Waals surface area contributed by atoms with E-state index in [9.17, 15) is 52.7 Å². The lowest BCUT2D eigenvalue weighted by Gasteiger charge is -2.23. The minimum atomic E-state index is -7.11. The highest BCUT2D eigenvalue weighted by Crippen LogP contribution is 2.59. The number of alkyl halides is 10. The van der Waals surface area contributed by atoms with Gasteiger partial charge in [0.2, 0.25) is 0 Å². The summed E-state index contributed by atoms with van der Waals surface area (Å²) < 4.78 is 147. The first kappa shape index (κ1) is 20.4. The average Bonchev–Trinajstić information content (AvgIpc) is 1.83. The summed E-state index contributed by atoms with van der Waals surface area (Å²) in [5.41, 5.74) is 0. The molecule has 15 heteroatoms. The molecule has 0 saturated carbocycles. The van der Waals surface area contributed by atoms with Crippen LogP contribution in [0.3, 0.4) is 0 Å². The molecule has 0 aliphatic carbocycles. The third-order valence-electron chi connectivity index (χ3n) is 1.30. The van der Waals surface area contributed by atoms with Crippen molar-refractivity contribution >= 4 is 7.91 Å². The Labute approximate surface area is 108 Å². The Morgan fingerprint density at radius 3 is 1.10 bits per heavy atom. The zero-order chi connectivity index (χ0) is 17.3. The molecule has 0 saturated heterocycles. The number of rotatable bonds is 6. The van der Waals surface area contributed by atoms with Crippen LogP contribution in [0.5, 0.6) is 0 Å². The van der Waals surface area contributed by atoms with Gasteiger partial charge in [0, 0.05) is 0 Å². The molecule has 128 valence electrons. The second kappa shape index (κ2) is 5.88. The van der Waals surface area contributed by atoms with Crippen molar-refractivity contribution in [2.24, 2.45) is 0 Å². The largest absolute Gasteiger partial charge is 0.522 e. The molecule has 0 aromatic heterocycles. The summed E-state index contributed by atoms with van der Waals surface area (Å²) in [6.07, 6.45) is -29.0. The smallest absolute Gasteiger partial charge is 0.223 e. The van der Waals surface area contributed by atoms with Crippen LogP contribution in [0, 0.1) is 0 Å². The molecule has 0 radical (unpaired) electrons. The lowest BCUT2D eigenvalue weighted by Crippen LogP contribution is -2.31. The first-order valence-corrected chi connectivity index (χ1v) is 5.86. The molecule has 0 aliphatic heterocycles. The highest BCUT2D eigenvalue weighted by Gasteiger charge is 2.55. The Morgan fingerprint density at radius 2 is 0.905 bits per heavy atom. The van der Waals surface area contributed by atoms with E-state index in [1.54, 1.807) is 0 Å². The van der Waals surface area contributed by atoms with Crippen molar-refractivity contribution in [1.82, 2.24) is 0 Å². The van der Waals surface area contributed by atoms with E-state index >= 15 is 0 Å². The Bertz CT molecular complexity index is 366. The van der Waals surface area contributed by atoms with Gasteiger partial charge in [-0.15, -0.1) is 4.20 Å². The van der Waals surface area contributed by atoms with Crippen molar-refractivity contribution in [1.29, 1.82) is 0 Å². The second-order valence-corrected chi connectivity index (χ2v) is 4.70. The fraction of sp³-hybridized carbons (Fsp3) is 1.00. The fourth-order valence-electron chi connectivity index (χ4n) is 0.869. The summed E-state index contributed by atoms with van der Waals surface area (Å²) in [6, 6.07) is 0. The van der Waals surface area contributed by atoms with Gasteiger partial charge in [0.05, 0.1) is 0 Å². The predicted octanol–water partition coefficient (Wildman–Crippen LogP) is 5.19. The fourth-order valence-corrected chi connectivity index (χ4v) is 1.67. The highest BCUT2D eigenvalue weighted by atomic mass is 31.2. The van der Waals surface area contributed by atoms with Crippen molar-refractivity contribution in [3.05, 3.63) is 0 Å². The van der Waals surface area contributed by atoms with Gasteiger partial charge in [0.15, 0.2) is 0 Å². The van der Waals surface area contributed by atoms with Gasteiger partial charge >= 0.3 is 32.5 Å². The molecule has 0 amide bonds. The van der Waals surface area contributed by atoms with Gasteiger partial charge in [-0.2, -0.15) is 43.9 Å². The van der Waals surface area contributed by atoms with Gasteiger partial charge in [0.25, 0.3) is 0 Å². The molecule has 0 rings (SSSR count). The number of hydrogen-bond donors (Lipinski definition) is 0. The molecule has 0 aromatic carbocycles. The third kappa shape index (κ3) is 10.7. The van der Waals surface area contributed by atoms with Crippen LogP contribution < -0.4 is 0 Å². The average molecular weight is 364 g/mol. The Balaban J connectivity index is 4.88. The second-order valence-electron chi connectivity index (χ2n) is 3.47. The molecular formula is C6H4F11O3P. The minimum absolute atomic E-state index is 2.32. The standard InChI is InChI=1S/C6H4F11O3P/c7-3(8,9)1-5(13,14)19-21(17,18)20-6(15,16)2-4(10,11)12/h1-2H2. The zero-order valence-electron chi connectivity index (χ0n) is 9.24. The van der Waals surface area contributed by atoms with Crippen LogP contribution in [-0.4, -0.2) is 24.6 Å². The van der Waals surface area contributed by atoms with Gasteiger partial charge in [-0.05, 0) is 0 Å². The van der Waals surface area contributed by atoms with Crippen molar-refractivity contribution in [3.8, 4) is 0 Å². The zero-order valence-corrected chi connectivity index (χ0v) is 10.1. The van der Waals surface area contributed by atoms with Crippen molar-refractivity contribution in [2.75, 3.05) is 0 Å². The van der Waals surface area contributed by atoms with Gasteiger partial charge < -0.3 is 0 Å². The van der Waals surface area contributed by atoms with Gasteiger partial charge in [-0.1, -0.05) is 0 Å². The summed E-state index contributed by atoms with van der Waals surface area (Å²) in [7, 11) is -7.11. The van der Waals surface area contributed by atoms with E-state index in [0.29, 0.717) is 0 Å². The Morgan fingerprint density at radius 1 is 0.667 bits per heavy atom. The Hall–Kier alpha value is -0.620. The van der Waals surface area contributed by atoms with Crippen LogP contribution in [0.4, 0.5) is 48.1 Å². The lowest BCUT2D eigenvalue weighted by atomic mass is 10.4. The van der Waals surface area contributed by atoms with E-state index in [1.807, 2.05) is 0 Å². The van der Waals surface area contributed by atoms with Crippen molar-refractivity contribution in [2.45, 2.75) is 37.4 Å². The van der Waals surface area contributed by atoms with E-state index in [0.717, 1.165) is 0 Å². The van der Waals surface area contributed by atoms with Gasteiger partial charge in [-0.25, -0.2) is 13.6 Å². The SMILES string of the molecule is O=P(F)(OC(F)(F)CC(F)(F)F)OC(F)(F)CC(F)(F)F. The molecule has 21 heavy (non-hydrogen) atoms. The van der Waals surface area contributed by atoms with Crippen LogP contribution in [-0.2, 0) is 13.6 Å². The predicted molar refractivity (Wildman–Crippen MR) is 42.1 cm³/mol. The maximum atomic E-state index is 12.6. The topological polar surface area (TPSA) is 35.5 Å². The van der Waals surface area contributed by atoms with Crippen LogP contribution >= 0.6 is 7.91 Å². The van der Waals surface area contributed by atoms with E-state index in [-0.39, 0.29) is 0 Å². The summed E-state index contributed by atoms with van der Waals surface area (Å²) in [4.78, 5) is 0. The quantitative estimate of drug-likeness (QED) is 0.481. The van der Waals surface area contributed by atoms with Crippen molar-refractivity contribution in [3.63, 3.8) is 0 Å². The van der Waals surface area contributed by atoms with Gasteiger partial charge in [0.1, 0.15) is 12.8 Å². The first-order chi connectivity index (χ1) is 8.83. The third-order valence-corrected chi connectivity index (χ3v) is 2.27. The monoisotopic (exact) mass is 364 g/mol. The molecule has 0 spiro atoms. The minimum Gasteiger partial charge on any atom is -0.223 e. The molecule has 0 atom stereocenters. The van der Waals surface area contributed by atoms with Crippen LogP contribution in [0.15, 0.2) is 0 Å². The lowest BCUT2D eigenvalue weighted by molar-refractivity contribution is -0.280. The maximum Gasteiger partial charge on any atom is 0.522 e. The molecule has 0 unspecified atom stereocenters. The summed E-state index contributed by atoms with van der Waals surface area (Å²) >= 11 is 0. The molecule has 0 bridgehead atoms. The number of halogens is 11. The van der Waals surface area contributed by atoms with E-state index in [2.05, 4.69) is 9.05 Å². The maximum absolute atomic E-state index is 12.6. The van der Waals surface area contributed by atoms with Crippen LogP contribution in [0.25, 0.3) is 0 Å². The normalized spacial score (nSPS) is 15.4. The first-order valence-electron chi connectivity index (χ1n) is 4.43. The molecule has 0 N–H and O–H groups in total. The molecule has 3 nitrogen and oxygen atoms in total. The summed E-state index contributed by atoms with van der Waals surface area (Å²) in [6.45, 7) is 0.